The molecule has 0 amide bonds. The van der Waals surface area contributed by atoms with Crippen molar-refractivity contribution < 1.29 is 14.6 Å². The molecule has 1 aliphatic rings. The third kappa shape index (κ3) is 5.28. The number of hydrogen-bond donors (Lipinski definition) is 2. The van der Waals surface area contributed by atoms with Gasteiger partial charge >= 0.3 is 0 Å². The van der Waals surface area contributed by atoms with E-state index in [1.807, 2.05) is 30.3 Å². The van der Waals surface area contributed by atoms with Crippen molar-refractivity contribution >= 4 is 0 Å². The predicted molar refractivity (Wildman–Crippen MR) is 73.7 cm³/mol. The first kappa shape index (κ1) is 14.5. The molecule has 0 saturated heterocycles. The zero-order valence-corrected chi connectivity index (χ0v) is 11.2. The van der Waals surface area contributed by atoms with Gasteiger partial charge in [-0.15, -0.1) is 0 Å². The first-order valence-corrected chi connectivity index (χ1v) is 6.91. The SMILES string of the molecule is NC1CCC(OCC(O)COCc2ccccc2)C1. The van der Waals surface area contributed by atoms with Crippen LogP contribution in [0.25, 0.3) is 0 Å². The van der Waals surface area contributed by atoms with Crippen LogP contribution in [0.5, 0.6) is 0 Å². The van der Waals surface area contributed by atoms with E-state index in [1.54, 1.807) is 0 Å². The summed E-state index contributed by atoms with van der Waals surface area (Å²) in [5.74, 6) is 0. The van der Waals surface area contributed by atoms with Gasteiger partial charge in [0.1, 0.15) is 6.10 Å². The summed E-state index contributed by atoms with van der Waals surface area (Å²) in [7, 11) is 0. The van der Waals surface area contributed by atoms with Gasteiger partial charge in [0.2, 0.25) is 0 Å². The molecule has 1 saturated carbocycles. The number of benzene rings is 1. The lowest BCUT2D eigenvalue weighted by Crippen LogP contribution is -2.25. The molecular formula is C15H23NO3. The van der Waals surface area contributed by atoms with E-state index in [0.717, 1.165) is 24.8 Å². The molecule has 1 aliphatic carbocycles. The Morgan fingerprint density at radius 2 is 2.00 bits per heavy atom. The number of rotatable bonds is 7. The Balaban J connectivity index is 1.56. The van der Waals surface area contributed by atoms with Crippen LogP contribution in [-0.2, 0) is 16.1 Å². The first-order valence-electron chi connectivity index (χ1n) is 6.91. The van der Waals surface area contributed by atoms with Crippen molar-refractivity contribution in [2.24, 2.45) is 5.73 Å². The zero-order valence-electron chi connectivity index (χ0n) is 11.2. The quantitative estimate of drug-likeness (QED) is 0.783. The highest BCUT2D eigenvalue weighted by Gasteiger charge is 2.22. The highest BCUT2D eigenvalue weighted by molar-refractivity contribution is 5.13. The minimum Gasteiger partial charge on any atom is -0.388 e. The van der Waals surface area contributed by atoms with Crippen molar-refractivity contribution in [2.45, 2.75) is 44.1 Å². The molecule has 3 unspecified atom stereocenters. The molecule has 0 aromatic heterocycles. The number of aliphatic hydroxyl groups excluding tert-OH is 1. The summed E-state index contributed by atoms with van der Waals surface area (Å²) in [6.07, 6.45) is 2.56. The lowest BCUT2D eigenvalue weighted by atomic mass is 10.2. The van der Waals surface area contributed by atoms with E-state index in [4.69, 9.17) is 15.2 Å². The fraction of sp³-hybridized carbons (Fsp3) is 0.600. The minimum atomic E-state index is -0.569. The van der Waals surface area contributed by atoms with Crippen LogP contribution in [0.4, 0.5) is 0 Å². The van der Waals surface area contributed by atoms with E-state index in [-0.39, 0.29) is 12.1 Å². The van der Waals surface area contributed by atoms with Gasteiger partial charge in [-0.25, -0.2) is 0 Å². The molecule has 4 heteroatoms. The standard InChI is InChI=1S/C15H23NO3/c16-13-6-7-15(8-13)19-11-14(17)10-18-9-12-4-2-1-3-5-12/h1-5,13-15,17H,6-11,16H2. The highest BCUT2D eigenvalue weighted by atomic mass is 16.5. The van der Waals surface area contributed by atoms with Crippen LogP contribution >= 0.6 is 0 Å². The molecule has 3 N–H and O–H groups in total. The Morgan fingerprint density at radius 3 is 2.68 bits per heavy atom. The Morgan fingerprint density at radius 1 is 1.21 bits per heavy atom. The van der Waals surface area contributed by atoms with E-state index < -0.39 is 6.10 Å². The molecule has 0 aliphatic heterocycles. The van der Waals surface area contributed by atoms with Crippen LogP contribution in [0.3, 0.4) is 0 Å². The summed E-state index contributed by atoms with van der Waals surface area (Å²) < 4.78 is 11.1. The molecule has 4 nitrogen and oxygen atoms in total. The van der Waals surface area contributed by atoms with E-state index in [0.29, 0.717) is 19.8 Å². The molecule has 3 atom stereocenters. The van der Waals surface area contributed by atoms with E-state index in [1.165, 1.54) is 0 Å². The third-order valence-electron chi connectivity index (χ3n) is 3.37. The molecule has 0 radical (unpaired) electrons. The molecule has 2 rings (SSSR count). The Hall–Kier alpha value is -0.940. The van der Waals surface area contributed by atoms with Gasteiger partial charge in [-0.1, -0.05) is 30.3 Å². The lowest BCUT2D eigenvalue weighted by Gasteiger charge is -2.16. The maximum absolute atomic E-state index is 9.77. The molecular weight excluding hydrogens is 242 g/mol. The van der Waals surface area contributed by atoms with Gasteiger partial charge in [-0.05, 0) is 24.8 Å². The van der Waals surface area contributed by atoms with Crippen molar-refractivity contribution in [3.63, 3.8) is 0 Å². The fourth-order valence-electron chi connectivity index (χ4n) is 2.31. The summed E-state index contributed by atoms with van der Waals surface area (Å²) in [6.45, 7) is 1.14. The van der Waals surface area contributed by atoms with Gasteiger partial charge in [-0.3, -0.25) is 0 Å². The van der Waals surface area contributed by atoms with Crippen molar-refractivity contribution in [3.8, 4) is 0 Å². The summed E-state index contributed by atoms with van der Waals surface area (Å²) in [4.78, 5) is 0. The topological polar surface area (TPSA) is 64.7 Å². The van der Waals surface area contributed by atoms with Crippen molar-refractivity contribution in [1.29, 1.82) is 0 Å². The monoisotopic (exact) mass is 265 g/mol. The molecule has 0 bridgehead atoms. The second-order valence-electron chi connectivity index (χ2n) is 5.18. The Kier molecular flexibility index (Phi) is 5.79. The average molecular weight is 265 g/mol. The average Bonchev–Trinajstić information content (AvgIpc) is 2.83. The van der Waals surface area contributed by atoms with E-state index in [9.17, 15) is 5.11 Å². The first-order chi connectivity index (χ1) is 9.24. The molecule has 0 spiro atoms. The van der Waals surface area contributed by atoms with Gasteiger partial charge in [0.15, 0.2) is 0 Å². The summed E-state index contributed by atoms with van der Waals surface area (Å²) >= 11 is 0. The Bertz CT molecular complexity index is 358. The van der Waals surface area contributed by atoms with E-state index in [2.05, 4.69) is 0 Å². The number of nitrogens with two attached hydrogens (primary N) is 1. The largest absolute Gasteiger partial charge is 0.388 e. The second kappa shape index (κ2) is 7.60. The van der Waals surface area contributed by atoms with Gasteiger partial charge in [0.05, 0.1) is 25.9 Å². The number of aliphatic hydroxyl groups is 1. The normalized spacial score (nSPS) is 24.5. The summed E-state index contributed by atoms with van der Waals surface area (Å²) in [5, 5.41) is 9.77. The lowest BCUT2D eigenvalue weighted by molar-refractivity contribution is -0.0457. The summed E-state index contributed by atoms with van der Waals surface area (Å²) in [6, 6.07) is 10.2. The maximum atomic E-state index is 9.77. The third-order valence-corrected chi connectivity index (χ3v) is 3.37. The van der Waals surface area contributed by atoms with Crippen LogP contribution in [-0.4, -0.2) is 36.6 Å². The van der Waals surface area contributed by atoms with Crippen molar-refractivity contribution in [2.75, 3.05) is 13.2 Å². The second-order valence-corrected chi connectivity index (χ2v) is 5.18. The molecule has 1 aromatic carbocycles. The van der Waals surface area contributed by atoms with Gasteiger partial charge in [0.25, 0.3) is 0 Å². The molecule has 0 heterocycles. The molecule has 19 heavy (non-hydrogen) atoms. The number of hydrogen-bond acceptors (Lipinski definition) is 4. The molecule has 1 fully saturated rings. The minimum absolute atomic E-state index is 0.207. The van der Waals surface area contributed by atoms with Crippen LogP contribution < -0.4 is 5.73 Å². The van der Waals surface area contributed by atoms with Crippen LogP contribution in [0.1, 0.15) is 24.8 Å². The van der Waals surface area contributed by atoms with Crippen LogP contribution in [0, 0.1) is 0 Å². The molecule has 106 valence electrons. The van der Waals surface area contributed by atoms with Crippen LogP contribution in [0.2, 0.25) is 0 Å². The fourth-order valence-corrected chi connectivity index (χ4v) is 2.31. The van der Waals surface area contributed by atoms with Gasteiger partial charge < -0.3 is 20.3 Å². The number of ether oxygens (including phenoxy) is 2. The zero-order chi connectivity index (χ0) is 13.5. The van der Waals surface area contributed by atoms with Gasteiger partial charge in [-0.2, -0.15) is 0 Å². The predicted octanol–water partition coefficient (Wildman–Crippen LogP) is 1.46. The van der Waals surface area contributed by atoms with Crippen molar-refractivity contribution in [1.82, 2.24) is 0 Å². The maximum Gasteiger partial charge on any atom is 0.101 e. The van der Waals surface area contributed by atoms with Gasteiger partial charge in [0, 0.05) is 6.04 Å². The van der Waals surface area contributed by atoms with Crippen LogP contribution in [0.15, 0.2) is 30.3 Å². The summed E-state index contributed by atoms with van der Waals surface area (Å²) in [5.41, 5.74) is 6.92. The van der Waals surface area contributed by atoms with E-state index >= 15 is 0 Å². The molecule has 1 aromatic rings. The highest BCUT2D eigenvalue weighted by Crippen LogP contribution is 2.20. The van der Waals surface area contributed by atoms with Crippen molar-refractivity contribution in [3.05, 3.63) is 35.9 Å². The smallest absolute Gasteiger partial charge is 0.101 e. The Labute approximate surface area is 114 Å².